The van der Waals surface area contributed by atoms with E-state index >= 15 is 0 Å². The van der Waals surface area contributed by atoms with E-state index in [-0.39, 0.29) is 25.2 Å². The van der Waals surface area contributed by atoms with Crippen LogP contribution in [0.15, 0.2) is 0 Å². The highest BCUT2D eigenvalue weighted by molar-refractivity contribution is 5.95. The zero-order valence-corrected chi connectivity index (χ0v) is 18.0. The maximum absolute atomic E-state index is 12.8. The summed E-state index contributed by atoms with van der Waals surface area (Å²) >= 11 is 0. The van der Waals surface area contributed by atoms with Crippen molar-refractivity contribution in [1.82, 2.24) is 16.0 Å². The Morgan fingerprint density at radius 2 is 1.31 bits per heavy atom. The van der Waals surface area contributed by atoms with Crippen LogP contribution in [-0.2, 0) is 28.8 Å². The smallest absolute Gasteiger partial charge is 0.328 e. The van der Waals surface area contributed by atoms with Crippen molar-refractivity contribution >= 4 is 35.5 Å². The molecule has 0 aliphatic rings. The van der Waals surface area contributed by atoms with Crippen molar-refractivity contribution in [3.05, 3.63) is 0 Å². The fraction of sp³-hybridized carbons (Fsp3) is 0.667. The molecule has 0 saturated heterocycles. The lowest BCUT2D eigenvalue weighted by Gasteiger charge is -2.25. The number of carboxylic acids is 1. The van der Waals surface area contributed by atoms with Crippen LogP contribution in [0, 0.1) is 5.92 Å². The molecule has 4 unspecified atom stereocenters. The average molecular weight is 460 g/mol. The summed E-state index contributed by atoms with van der Waals surface area (Å²) in [5.41, 5.74) is 15.7. The van der Waals surface area contributed by atoms with Crippen LogP contribution in [0.1, 0.15) is 39.5 Å². The maximum Gasteiger partial charge on any atom is 0.328 e. The third-order valence-electron chi connectivity index (χ3n) is 4.21. The van der Waals surface area contributed by atoms with Crippen LogP contribution in [0.2, 0.25) is 0 Å². The fourth-order valence-corrected chi connectivity index (χ4v) is 2.58. The Hall–Kier alpha value is -3.26. The zero-order valence-electron chi connectivity index (χ0n) is 18.0. The summed E-state index contributed by atoms with van der Waals surface area (Å²) in [5, 5.41) is 24.8. The number of carbonyl (C=O) groups excluding carboxylic acids is 5. The lowest BCUT2D eigenvalue weighted by Crippen LogP contribution is -2.58. The predicted octanol–water partition coefficient (Wildman–Crippen LogP) is -3.97. The summed E-state index contributed by atoms with van der Waals surface area (Å²) in [6.45, 7) is 2.64. The van der Waals surface area contributed by atoms with E-state index in [1.165, 1.54) is 0 Å². The van der Waals surface area contributed by atoms with E-state index in [1.54, 1.807) is 13.8 Å². The van der Waals surface area contributed by atoms with Gasteiger partial charge in [-0.1, -0.05) is 13.8 Å². The molecule has 0 aromatic rings. The quantitative estimate of drug-likeness (QED) is 0.118. The van der Waals surface area contributed by atoms with Crippen molar-refractivity contribution in [3.63, 3.8) is 0 Å². The molecule has 0 spiro atoms. The molecule has 14 nitrogen and oxygen atoms in total. The van der Waals surface area contributed by atoms with Gasteiger partial charge in [-0.25, -0.2) is 4.79 Å². The zero-order chi connectivity index (χ0) is 25.0. The van der Waals surface area contributed by atoms with E-state index in [0.717, 1.165) is 0 Å². The first-order valence-corrected chi connectivity index (χ1v) is 9.85. The summed E-state index contributed by atoms with van der Waals surface area (Å²) in [7, 11) is 0. The molecule has 11 N–H and O–H groups in total. The number of aliphatic hydroxyl groups excluding tert-OH is 1. The second-order valence-corrected chi connectivity index (χ2v) is 7.62. The molecule has 4 atom stereocenters. The van der Waals surface area contributed by atoms with E-state index in [2.05, 4.69) is 10.6 Å². The molecule has 5 amide bonds. The van der Waals surface area contributed by atoms with Gasteiger partial charge in [-0.05, 0) is 18.8 Å². The number of hydrogen-bond donors (Lipinski definition) is 8. The minimum atomic E-state index is -1.63. The number of carbonyl (C=O) groups is 6. The van der Waals surface area contributed by atoms with Gasteiger partial charge in [0.25, 0.3) is 0 Å². The van der Waals surface area contributed by atoms with Gasteiger partial charge in [0.1, 0.15) is 18.1 Å². The van der Waals surface area contributed by atoms with Crippen molar-refractivity contribution in [2.75, 3.05) is 6.61 Å². The number of aliphatic hydroxyl groups is 1. The number of primary amides is 2. The average Bonchev–Trinajstić information content (AvgIpc) is 2.66. The summed E-state index contributed by atoms with van der Waals surface area (Å²) in [6.07, 6.45) is -0.864. The Bertz CT molecular complexity index is 714. The molecule has 0 bridgehead atoms. The minimum absolute atomic E-state index is 0.0814. The monoisotopic (exact) mass is 460 g/mol. The van der Waals surface area contributed by atoms with E-state index in [9.17, 15) is 28.8 Å². The number of amides is 5. The Balaban J connectivity index is 5.49. The van der Waals surface area contributed by atoms with E-state index in [4.69, 9.17) is 27.4 Å². The Kier molecular flexibility index (Phi) is 12.5. The van der Waals surface area contributed by atoms with E-state index < -0.39 is 72.7 Å². The third-order valence-corrected chi connectivity index (χ3v) is 4.21. The highest BCUT2D eigenvalue weighted by Gasteiger charge is 2.30. The predicted molar refractivity (Wildman–Crippen MR) is 110 cm³/mol. The molecule has 182 valence electrons. The van der Waals surface area contributed by atoms with Gasteiger partial charge in [-0.2, -0.15) is 0 Å². The summed E-state index contributed by atoms with van der Waals surface area (Å²) < 4.78 is 0. The minimum Gasteiger partial charge on any atom is -0.480 e. The molecule has 0 fully saturated rings. The fourth-order valence-electron chi connectivity index (χ4n) is 2.58. The number of hydrogen-bond acceptors (Lipinski definition) is 8. The second kappa shape index (κ2) is 13.9. The van der Waals surface area contributed by atoms with Crippen LogP contribution in [-0.4, -0.2) is 76.5 Å². The number of aliphatic carboxylic acids is 1. The van der Waals surface area contributed by atoms with Gasteiger partial charge in [0, 0.05) is 6.42 Å². The summed E-state index contributed by atoms with van der Waals surface area (Å²) in [5.74, 6) is -5.75. The highest BCUT2D eigenvalue weighted by Crippen LogP contribution is 2.08. The first kappa shape index (κ1) is 28.7. The molecule has 0 radical (unpaired) electrons. The third kappa shape index (κ3) is 11.2. The van der Waals surface area contributed by atoms with Gasteiger partial charge in [0.05, 0.1) is 19.1 Å². The van der Waals surface area contributed by atoms with Gasteiger partial charge in [0.15, 0.2) is 0 Å². The number of nitrogens with one attached hydrogen (secondary N) is 3. The van der Waals surface area contributed by atoms with Crippen molar-refractivity contribution in [2.45, 2.75) is 63.7 Å². The summed E-state index contributed by atoms with van der Waals surface area (Å²) in [6, 6.07) is -5.45. The molecular weight excluding hydrogens is 428 g/mol. The SMILES string of the molecule is CC(C)CC(NC(=O)C(N)CC(N)=O)C(=O)NC(CCC(N)=O)C(=O)NC(CO)C(=O)O. The van der Waals surface area contributed by atoms with Crippen LogP contribution in [0.5, 0.6) is 0 Å². The van der Waals surface area contributed by atoms with Crippen molar-refractivity contribution in [2.24, 2.45) is 23.1 Å². The number of carboxylic acid groups (broad SMARTS) is 1. The molecule has 0 heterocycles. The molecule has 0 aromatic heterocycles. The normalized spacial score (nSPS) is 14.5. The maximum atomic E-state index is 12.8. The molecule has 0 saturated carbocycles. The first-order chi connectivity index (χ1) is 14.8. The van der Waals surface area contributed by atoms with Gasteiger partial charge >= 0.3 is 5.97 Å². The van der Waals surface area contributed by atoms with Gasteiger partial charge in [-0.3, -0.25) is 24.0 Å². The van der Waals surface area contributed by atoms with Crippen LogP contribution in [0.25, 0.3) is 0 Å². The lowest BCUT2D eigenvalue weighted by molar-refractivity contribution is -0.143. The largest absolute Gasteiger partial charge is 0.480 e. The highest BCUT2D eigenvalue weighted by atomic mass is 16.4. The second-order valence-electron chi connectivity index (χ2n) is 7.62. The molecule has 32 heavy (non-hydrogen) atoms. The van der Waals surface area contributed by atoms with E-state index in [0.29, 0.717) is 0 Å². The standard InChI is InChI=1S/C18H32N6O8/c1-8(2)5-11(23-15(28)9(19)6-14(21)27)17(30)22-10(3-4-13(20)26)16(29)24-12(7-25)18(31)32/h8-12,25H,3-7,19H2,1-2H3,(H2,20,26)(H2,21,27)(H,22,30)(H,23,28)(H,24,29)(H,31,32). The van der Waals surface area contributed by atoms with Gasteiger partial charge < -0.3 is 43.4 Å². The molecular formula is C18H32N6O8. The van der Waals surface area contributed by atoms with Crippen LogP contribution in [0.3, 0.4) is 0 Å². The summed E-state index contributed by atoms with van der Waals surface area (Å²) in [4.78, 5) is 70.6. The van der Waals surface area contributed by atoms with Gasteiger partial charge in [0.2, 0.25) is 29.5 Å². The van der Waals surface area contributed by atoms with Crippen LogP contribution >= 0.6 is 0 Å². The van der Waals surface area contributed by atoms with Crippen LogP contribution in [0.4, 0.5) is 0 Å². The number of rotatable bonds is 15. The molecule has 0 aliphatic carbocycles. The Morgan fingerprint density at radius 3 is 1.75 bits per heavy atom. The lowest BCUT2D eigenvalue weighted by atomic mass is 10.0. The number of nitrogens with two attached hydrogens (primary N) is 3. The Labute approximate surface area is 184 Å². The molecule has 14 heteroatoms. The van der Waals surface area contributed by atoms with Crippen molar-refractivity contribution in [3.8, 4) is 0 Å². The Morgan fingerprint density at radius 1 is 0.812 bits per heavy atom. The van der Waals surface area contributed by atoms with Crippen molar-refractivity contribution in [1.29, 1.82) is 0 Å². The van der Waals surface area contributed by atoms with Crippen molar-refractivity contribution < 1.29 is 39.0 Å². The first-order valence-electron chi connectivity index (χ1n) is 9.85. The molecule has 0 rings (SSSR count). The topological polar surface area (TPSA) is 257 Å². The van der Waals surface area contributed by atoms with Gasteiger partial charge in [-0.15, -0.1) is 0 Å². The van der Waals surface area contributed by atoms with E-state index in [1.807, 2.05) is 5.32 Å². The molecule has 0 aliphatic heterocycles. The molecule has 0 aromatic carbocycles. The van der Waals surface area contributed by atoms with Crippen LogP contribution < -0.4 is 33.2 Å².